The molecule has 2 rings (SSSR count). The van der Waals surface area contributed by atoms with Crippen molar-refractivity contribution in [3.8, 4) is 0 Å². The molecule has 0 radical (unpaired) electrons. The number of aromatic nitrogens is 1. The predicted octanol–water partition coefficient (Wildman–Crippen LogP) is 2.59. The first kappa shape index (κ1) is 7.71. The van der Waals surface area contributed by atoms with Gasteiger partial charge in [-0.15, -0.1) is 0 Å². The predicted molar refractivity (Wildman–Crippen MR) is 45.3 cm³/mol. The fraction of sp³-hybridized carbons (Fsp3) is 0.500. The number of pyridine rings is 1. The largest absolute Gasteiger partial charge is 0.258 e. The number of hydrogen-bond acceptors (Lipinski definition) is 1. The molecule has 1 saturated carbocycles. The summed E-state index contributed by atoms with van der Waals surface area (Å²) in [6.45, 7) is 4.28. The highest BCUT2D eigenvalue weighted by atomic mass is 19.1. The lowest BCUT2D eigenvalue weighted by Crippen LogP contribution is -1.92. The van der Waals surface area contributed by atoms with Crippen LogP contribution in [-0.2, 0) is 0 Å². The maximum absolute atomic E-state index is 13.2. The van der Waals surface area contributed by atoms with Crippen molar-refractivity contribution in [1.82, 2.24) is 4.98 Å². The minimum Gasteiger partial charge on any atom is -0.258 e. The van der Waals surface area contributed by atoms with Gasteiger partial charge in [0.1, 0.15) is 5.82 Å². The van der Waals surface area contributed by atoms with Crippen LogP contribution in [0.3, 0.4) is 0 Å². The van der Waals surface area contributed by atoms with E-state index in [0.29, 0.717) is 23.4 Å². The first-order valence-electron chi connectivity index (χ1n) is 4.32. The third kappa shape index (κ3) is 1.02. The van der Waals surface area contributed by atoms with Crippen LogP contribution in [0.25, 0.3) is 0 Å². The molecule has 2 atom stereocenters. The summed E-state index contributed by atoms with van der Waals surface area (Å²) in [5.74, 6) is 1.38. The maximum Gasteiger partial charge on any atom is 0.144 e. The van der Waals surface area contributed by atoms with Crippen molar-refractivity contribution in [2.75, 3.05) is 0 Å². The molecular weight excluding hydrogens is 153 g/mol. The number of halogens is 1. The van der Waals surface area contributed by atoms with Crippen LogP contribution in [0.4, 0.5) is 4.39 Å². The number of hydrogen-bond donors (Lipinski definition) is 0. The summed E-state index contributed by atoms with van der Waals surface area (Å²) in [6, 6.07) is 3.12. The van der Waals surface area contributed by atoms with Crippen molar-refractivity contribution >= 4 is 0 Å². The zero-order valence-electron chi connectivity index (χ0n) is 7.29. The quantitative estimate of drug-likeness (QED) is 0.623. The second-order valence-electron chi connectivity index (χ2n) is 3.61. The smallest absolute Gasteiger partial charge is 0.144 e. The Bertz CT molecular complexity index is 290. The van der Waals surface area contributed by atoms with Gasteiger partial charge in [-0.2, -0.15) is 0 Å². The highest BCUT2D eigenvalue weighted by Crippen LogP contribution is 2.52. The molecule has 1 fully saturated rings. The van der Waals surface area contributed by atoms with Crippen molar-refractivity contribution in [2.45, 2.75) is 19.8 Å². The fourth-order valence-corrected chi connectivity index (χ4v) is 1.80. The van der Waals surface area contributed by atoms with E-state index in [9.17, 15) is 4.39 Å². The zero-order chi connectivity index (χ0) is 8.72. The van der Waals surface area contributed by atoms with E-state index in [4.69, 9.17) is 0 Å². The Balaban J connectivity index is 2.30. The van der Waals surface area contributed by atoms with E-state index in [-0.39, 0.29) is 5.82 Å². The van der Waals surface area contributed by atoms with Gasteiger partial charge in [0, 0.05) is 12.1 Å². The van der Waals surface area contributed by atoms with Gasteiger partial charge in [0.05, 0.1) is 5.69 Å². The molecule has 1 aromatic heterocycles. The highest BCUT2D eigenvalue weighted by Gasteiger charge is 2.46. The molecule has 1 aliphatic rings. The SMILES string of the molecule is CC1C(C)C1c1ncccc1F. The lowest BCUT2D eigenvalue weighted by molar-refractivity contribution is 0.594. The standard InChI is InChI=1S/C10H12FN/c1-6-7(2)9(6)10-8(11)4-3-5-12-10/h3-7,9H,1-2H3. The van der Waals surface area contributed by atoms with Crippen LogP contribution in [0.1, 0.15) is 25.5 Å². The Morgan fingerprint density at radius 3 is 2.50 bits per heavy atom. The molecule has 12 heavy (non-hydrogen) atoms. The minimum atomic E-state index is -0.154. The van der Waals surface area contributed by atoms with Gasteiger partial charge in [0.2, 0.25) is 0 Å². The molecule has 0 N–H and O–H groups in total. The Morgan fingerprint density at radius 2 is 2.00 bits per heavy atom. The summed E-state index contributed by atoms with van der Waals surface area (Å²) in [6.07, 6.45) is 1.66. The molecule has 1 nitrogen and oxygen atoms in total. The summed E-state index contributed by atoms with van der Waals surface area (Å²) in [5.41, 5.74) is 0.650. The molecule has 2 heteroatoms. The Morgan fingerprint density at radius 1 is 1.33 bits per heavy atom. The molecule has 1 heterocycles. The molecule has 0 amide bonds. The third-order valence-corrected chi connectivity index (χ3v) is 2.92. The molecule has 1 aromatic rings. The van der Waals surface area contributed by atoms with Gasteiger partial charge in [-0.05, 0) is 24.0 Å². The van der Waals surface area contributed by atoms with Gasteiger partial charge in [-0.3, -0.25) is 4.98 Å². The lowest BCUT2D eigenvalue weighted by Gasteiger charge is -1.98. The van der Waals surface area contributed by atoms with Gasteiger partial charge in [0.15, 0.2) is 0 Å². The first-order chi connectivity index (χ1) is 5.72. The third-order valence-electron chi connectivity index (χ3n) is 2.92. The number of rotatable bonds is 1. The van der Waals surface area contributed by atoms with E-state index in [1.165, 1.54) is 6.07 Å². The average molecular weight is 165 g/mol. The van der Waals surface area contributed by atoms with Gasteiger partial charge >= 0.3 is 0 Å². The number of nitrogens with zero attached hydrogens (tertiary/aromatic N) is 1. The monoisotopic (exact) mass is 165 g/mol. The van der Waals surface area contributed by atoms with Crippen LogP contribution in [-0.4, -0.2) is 4.98 Å². The molecule has 2 unspecified atom stereocenters. The fourth-order valence-electron chi connectivity index (χ4n) is 1.80. The van der Waals surface area contributed by atoms with Crippen LogP contribution in [0.15, 0.2) is 18.3 Å². The first-order valence-corrected chi connectivity index (χ1v) is 4.32. The van der Waals surface area contributed by atoms with Crippen LogP contribution in [0, 0.1) is 17.7 Å². The van der Waals surface area contributed by atoms with Crippen molar-refractivity contribution in [3.63, 3.8) is 0 Å². The topological polar surface area (TPSA) is 12.9 Å². The average Bonchev–Trinajstić information content (AvgIpc) is 2.62. The summed E-state index contributed by atoms with van der Waals surface area (Å²) in [5, 5.41) is 0. The van der Waals surface area contributed by atoms with Crippen molar-refractivity contribution in [2.24, 2.45) is 11.8 Å². The van der Waals surface area contributed by atoms with E-state index in [1.807, 2.05) is 0 Å². The normalized spacial score (nSPS) is 33.4. The minimum absolute atomic E-state index is 0.154. The molecule has 1 aliphatic carbocycles. The van der Waals surface area contributed by atoms with E-state index < -0.39 is 0 Å². The summed E-state index contributed by atoms with van der Waals surface area (Å²) < 4.78 is 13.2. The Hall–Kier alpha value is -0.920. The van der Waals surface area contributed by atoms with E-state index in [1.54, 1.807) is 12.3 Å². The van der Waals surface area contributed by atoms with E-state index in [0.717, 1.165) is 0 Å². The molecule has 0 aromatic carbocycles. The van der Waals surface area contributed by atoms with E-state index in [2.05, 4.69) is 18.8 Å². The van der Waals surface area contributed by atoms with Gasteiger partial charge in [0.25, 0.3) is 0 Å². The second kappa shape index (κ2) is 2.54. The molecular formula is C10H12FN. The zero-order valence-corrected chi connectivity index (χ0v) is 7.29. The highest BCUT2D eigenvalue weighted by molar-refractivity contribution is 5.21. The lowest BCUT2D eigenvalue weighted by atomic mass is 10.2. The van der Waals surface area contributed by atoms with Gasteiger partial charge in [-0.1, -0.05) is 13.8 Å². The van der Waals surface area contributed by atoms with Crippen LogP contribution in [0.2, 0.25) is 0 Å². The van der Waals surface area contributed by atoms with Gasteiger partial charge < -0.3 is 0 Å². The van der Waals surface area contributed by atoms with Crippen molar-refractivity contribution < 1.29 is 4.39 Å². The summed E-state index contributed by atoms with van der Waals surface area (Å²) in [7, 11) is 0. The molecule has 64 valence electrons. The Kier molecular flexibility index (Phi) is 1.63. The van der Waals surface area contributed by atoms with Gasteiger partial charge in [-0.25, -0.2) is 4.39 Å². The van der Waals surface area contributed by atoms with Crippen molar-refractivity contribution in [3.05, 3.63) is 29.8 Å². The van der Waals surface area contributed by atoms with Crippen LogP contribution < -0.4 is 0 Å². The molecule has 0 aliphatic heterocycles. The maximum atomic E-state index is 13.2. The Labute approximate surface area is 71.6 Å². The van der Waals surface area contributed by atoms with E-state index >= 15 is 0 Å². The summed E-state index contributed by atoms with van der Waals surface area (Å²) >= 11 is 0. The van der Waals surface area contributed by atoms with Crippen LogP contribution in [0.5, 0.6) is 0 Å². The van der Waals surface area contributed by atoms with Crippen LogP contribution >= 0.6 is 0 Å². The molecule has 0 bridgehead atoms. The van der Waals surface area contributed by atoms with Crippen molar-refractivity contribution in [1.29, 1.82) is 0 Å². The molecule has 0 saturated heterocycles. The molecule has 0 spiro atoms. The summed E-state index contributed by atoms with van der Waals surface area (Å²) in [4.78, 5) is 4.07. The second-order valence-corrected chi connectivity index (χ2v) is 3.61.